The van der Waals surface area contributed by atoms with E-state index in [0.29, 0.717) is 24.7 Å². The molecular formula is C15H19N3O2. The molecule has 20 heavy (non-hydrogen) atoms. The van der Waals surface area contributed by atoms with E-state index in [1.165, 1.54) is 0 Å². The zero-order valence-electron chi connectivity index (χ0n) is 11.7. The molecule has 0 radical (unpaired) electrons. The molecule has 0 aromatic carbocycles. The third-order valence-electron chi connectivity index (χ3n) is 2.67. The summed E-state index contributed by atoms with van der Waals surface area (Å²) in [6.07, 6.45) is 3.83. The van der Waals surface area contributed by atoms with Crippen LogP contribution in [-0.4, -0.2) is 10.9 Å². The molecule has 106 valence electrons. The Morgan fingerprint density at radius 2 is 2.20 bits per heavy atom. The van der Waals surface area contributed by atoms with Crippen LogP contribution in [0.2, 0.25) is 0 Å². The summed E-state index contributed by atoms with van der Waals surface area (Å²) in [5, 5.41) is 5.96. The molecule has 0 fully saturated rings. The molecule has 0 aliphatic carbocycles. The van der Waals surface area contributed by atoms with Crippen LogP contribution in [0.15, 0.2) is 41.1 Å². The lowest BCUT2D eigenvalue weighted by Crippen LogP contribution is -2.14. The first-order chi connectivity index (χ1) is 9.63. The van der Waals surface area contributed by atoms with E-state index in [-0.39, 0.29) is 5.91 Å². The summed E-state index contributed by atoms with van der Waals surface area (Å²) in [6.45, 7) is 4.62. The Hall–Kier alpha value is -2.30. The summed E-state index contributed by atoms with van der Waals surface area (Å²) in [6, 6.07) is 7.41. The largest absolute Gasteiger partial charge is 0.467 e. The SMILES string of the molecule is CC(C)CC(=O)Nc1ccc(NCc2ccco2)cn1. The normalized spacial score (nSPS) is 10.6. The van der Waals surface area contributed by atoms with E-state index in [1.807, 2.05) is 32.0 Å². The van der Waals surface area contributed by atoms with Gasteiger partial charge in [-0.15, -0.1) is 0 Å². The molecule has 0 unspecified atom stereocenters. The number of carbonyl (C=O) groups is 1. The van der Waals surface area contributed by atoms with Crippen LogP contribution in [0.5, 0.6) is 0 Å². The minimum Gasteiger partial charge on any atom is -0.467 e. The number of nitrogens with zero attached hydrogens (tertiary/aromatic N) is 1. The fourth-order valence-electron chi connectivity index (χ4n) is 1.74. The first kappa shape index (κ1) is 14.1. The fraction of sp³-hybridized carbons (Fsp3) is 0.333. The van der Waals surface area contributed by atoms with Crippen LogP contribution in [0.25, 0.3) is 0 Å². The Morgan fingerprint density at radius 3 is 2.80 bits per heavy atom. The molecule has 2 heterocycles. The number of carbonyl (C=O) groups excluding carboxylic acids is 1. The second-order valence-corrected chi connectivity index (χ2v) is 5.01. The zero-order chi connectivity index (χ0) is 14.4. The molecule has 2 aromatic heterocycles. The van der Waals surface area contributed by atoms with Crippen molar-refractivity contribution >= 4 is 17.4 Å². The van der Waals surface area contributed by atoms with Gasteiger partial charge in [0, 0.05) is 6.42 Å². The van der Waals surface area contributed by atoms with Gasteiger partial charge in [0.25, 0.3) is 0 Å². The number of hydrogen-bond donors (Lipinski definition) is 2. The Kier molecular flexibility index (Phi) is 4.76. The lowest BCUT2D eigenvalue weighted by atomic mass is 10.1. The van der Waals surface area contributed by atoms with Crippen LogP contribution >= 0.6 is 0 Å². The zero-order valence-corrected chi connectivity index (χ0v) is 11.7. The van der Waals surface area contributed by atoms with E-state index >= 15 is 0 Å². The molecule has 0 aliphatic heterocycles. The molecule has 5 heteroatoms. The summed E-state index contributed by atoms with van der Waals surface area (Å²) < 4.78 is 5.23. The molecule has 0 spiro atoms. The monoisotopic (exact) mass is 273 g/mol. The van der Waals surface area contributed by atoms with E-state index in [0.717, 1.165) is 11.4 Å². The van der Waals surface area contributed by atoms with Crippen LogP contribution in [0.1, 0.15) is 26.0 Å². The number of hydrogen-bond acceptors (Lipinski definition) is 4. The molecule has 2 rings (SSSR count). The molecule has 2 N–H and O–H groups in total. The number of amides is 1. The van der Waals surface area contributed by atoms with E-state index in [4.69, 9.17) is 4.42 Å². The standard InChI is InChI=1S/C15H19N3O2/c1-11(2)8-15(19)18-14-6-5-12(9-17-14)16-10-13-4-3-7-20-13/h3-7,9,11,16H,8,10H2,1-2H3,(H,17,18,19). The highest BCUT2D eigenvalue weighted by Crippen LogP contribution is 2.12. The smallest absolute Gasteiger partial charge is 0.225 e. The highest BCUT2D eigenvalue weighted by atomic mass is 16.3. The van der Waals surface area contributed by atoms with E-state index in [1.54, 1.807) is 18.5 Å². The van der Waals surface area contributed by atoms with Gasteiger partial charge in [-0.3, -0.25) is 4.79 Å². The van der Waals surface area contributed by atoms with Crippen molar-refractivity contribution in [3.8, 4) is 0 Å². The van der Waals surface area contributed by atoms with Gasteiger partial charge < -0.3 is 15.1 Å². The van der Waals surface area contributed by atoms with Crippen molar-refractivity contribution in [2.24, 2.45) is 5.92 Å². The van der Waals surface area contributed by atoms with Gasteiger partial charge in [-0.05, 0) is 30.2 Å². The summed E-state index contributed by atoms with van der Waals surface area (Å²) in [5.41, 5.74) is 0.878. The van der Waals surface area contributed by atoms with E-state index in [9.17, 15) is 4.79 Å². The molecule has 0 saturated heterocycles. The minimum atomic E-state index is -0.0104. The topological polar surface area (TPSA) is 67.2 Å². The summed E-state index contributed by atoms with van der Waals surface area (Å²) in [4.78, 5) is 15.8. The Bertz CT molecular complexity index is 533. The molecule has 0 saturated carbocycles. The fourth-order valence-corrected chi connectivity index (χ4v) is 1.74. The maximum Gasteiger partial charge on any atom is 0.225 e. The third kappa shape index (κ3) is 4.42. The van der Waals surface area contributed by atoms with Crippen LogP contribution < -0.4 is 10.6 Å². The molecule has 2 aromatic rings. The van der Waals surface area contributed by atoms with Crippen molar-refractivity contribution in [3.63, 3.8) is 0 Å². The second kappa shape index (κ2) is 6.75. The lowest BCUT2D eigenvalue weighted by Gasteiger charge is -2.08. The van der Waals surface area contributed by atoms with Gasteiger partial charge in [0.15, 0.2) is 0 Å². The second-order valence-electron chi connectivity index (χ2n) is 5.01. The van der Waals surface area contributed by atoms with Gasteiger partial charge in [0.2, 0.25) is 5.91 Å². The van der Waals surface area contributed by atoms with Crippen molar-refractivity contribution in [3.05, 3.63) is 42.5 Å². The highest BCUT2D eigenvalue weighted by Gasteiger charge is 2.06. The first-order valence-corrected chi connectivity index (χ1v) is 6.65. The van der Waals surface area contributed by atoms with Crippen molar-refractivity contribution in [2.75, 3.05) is 10.6 Å². The highest BCUT2D eigenvalue weighted by molar-refractivity contribution is 5.89. The Labute approximate surface area is 118 Å². The molecular weight excluding hydrogens is 254 g/mol. The van der Waals surface area contributed by atoms with Gasteiger partial charge >= 0.3 is 0 Å². The third-order valence-corrected chi connectivity index (χ3v) is 2.67. The van der Waals surface area contributed by atoms with Crippen LogP contribution in [0.3, 0.4) is 0 Å². The maximum absolute atomic E-state index is 11.6. The van der Waals surface area contributed by atoms with Gasteiger partial charge in [-0.25, -0.2) is 4.98 Å². The molecule has 5 nitrogen and oxygen atoms in total. The van der Waals surface area contributed by atoms with Crippen molar-refractivity contribution in [2.45, 2.75) is 26.8 Å². The average Bonchev–Trinajstić information content (AvgIpc) is 2.90. The molecule has 0 atom stereocenters. The van der Waals surface area contributed by atoms with Gasteiger partial charge in [-0.1, -0.05) is 13.8 Å². The predicted molar refractivity (Wildman–Crippen MR) is 78.4 cm³/mol. The molecule has 1 amide bonds. The summed E-state index contributed by atoms with van der Waals surface area (Å²) in [7, 11) is 0. The number of rotatable bonds is 6. The van der Waals surface area contributed by atoms with Gasteiger partial charge in [0.05, 0.1) is 24.7 Å². The van der Waals surface area contributed by atoms with Gasteiger partial charge in [0.1, 0.15) is 11.6 Å². The first-order valence-electron chi connectivity index (χ1n) is 6.65. The number of nitrogens with one attached hydrogen (secondary N) is 2. The Morgan fingerprint density at radius 1 is 1.35 bits per heavy atom. The van der Waals surface area contributed by atoms with Crippen LogP contribution in [0, 0.1) is 5.92 Å². The Balaban J connectivity index is 1.84. The lowest BCUT2D eigenvalue weighted by molar-refractivity contribution is -0.116. The van der Waals surface area contributed by atoms with Crippen molar-refractivity contribution in [1.29, 1.82) is 0 Å². The van der Waals surface area contributed by atoms with E-state index < -0.39 is 0 Å². The van der Waals surface area contributed by atoms with E-state index in [2.05, 4.69) is 15.6 Å². The maximum atomic E-state index is 11.6. The van der Waals surface area contributed by atoms with Crippen molar-refractivity contribution < 1.29 is 9.21 Å². The van der Waals surface area contributed by atoms with Crippen LogP contribution in [-0.2, 0) is 11.3 Å². The minimum absolute atomic E-state index is 0.0104. The number of anilines is 2. The molecule has 0 aliphatic rings. The number of aromatic nitrogens is 1. The predicted octanol–water partition coefficient (Wildman–Crippen LogP) is 3.27. The average molecular weight is 273 g/mol. The summed E-state index contributed by atoms with van der Waals surface area (Å²) >= 11 is 0. The quantitative estimate of drug-likeness (QED) is 0.847. The van der Waals surface area contributed by atoms with Crippen LogP contribution in [0.4, 0.5) is 11.5 Å². The van der Waals surface area contributed by atoms with Gasteiger partial charge in [-0.2, -0.15) is 0 Å². The number of pyridine rings is 1. The van der Waals surface area contributed by atoms with Crippen molar-refractivity contribution in [1.82, 2.24) is 4.98 Å². The number of furan rings is 1. The summed E-state index contributed by atoms with van der Waals surface area (Å²) in [5.74, 6) is 1.76. The molecule has 0 bridgehead atoms.